The standard InChI is InChI=1S/C9H18BF3N/c1-8(2)14-5-3-4-9(7-14)6-10(11,12)13/h8-9H,3-7H2,1-2H3/q-1. The van der Waals surface area contributed by atoms with Gasteiger partial charge in [-0.1, -0.05) is 18.7 Å². The highest BCUT2D eigenvalue weighted by Gasteiger charge is 2.30. The van der Waals surface area contributed by atoms with Gasteiger partial charge >= 0.3 is 6.98 Å². The summed E-state index contributed by atoms with van der Waals surface area (Å²) in [6, 6.07) is 0.374. The molecule has 0 N–H and O–H groups in total. The lowest BCUT2D eigenvalue weighted by Gasteiger charge is -2.37. The van der Waals surface area contributed by atoms with Gasteiger partial charge in [0.25, 0.3) is 0 Å². The lowest BCUT2D eigenvalue weighted by Crippen LogP contribution is -2.41. The minimum Gasteiger partial charge on any atom is -0.449 e. The highest BCUT2D eigenvalue weighted by molar-refractivity contribution is 6.58. The molecule has 0 aromatic carbocycles. The van der Waals surface area contributed by atoms with Crippen LogP contribution in [-0.2, 0) is 0 Å². The predicted octanol–water partition coefficient (Wildman–Crippen LogP) is 2.95. The molecule has 1 saturated heterocycles. The lowest BCUT2D eigenvalue weighted by atomic mass is 9.75. The summed E-state index contributed by atoms with van der Waals surface area (Å²) in [5, 5.41) is 0. The third-order valence-corrected chi connectivity index (χ3v) is 2.88. The van der Waals surface area contributed by atoms with Crippen LogP contribution in [0.5, 0.6) is 0 Å². The van der Waals surface area contributed by atoms with Gasteiger partial charge in [0, 0.05) is 6.04 Å². The minimum absolute atomic E-state index is 0.161. The zero-order valence-corrected chi connectivity index (χ0v) is 8.85. The Kier molecular flexibility index (Phi) is 3.87. The van der Waals surface area contributed by atoms with Gasteiger partial charge in [0.1, 0.15) is 0 Å². The monoisotopic (exact) mass is 208 g/mol. The lowest BCUT2D eigenvalue weighted by molar-refractivity contribution is 0.143. The fraction of sp³-hybridized carbons (Fsp3) is 1.00. The van der Waals surface area contributed by atoms with Crippen molar-refractivity contribution >= 4 is 6.98 Å². The van der Waals surface area contributed by atoms with Gasteiger partial charge in [-0.05, 0) is 33.4 Å². The van der Waals surface area contributed by atoms with E-state index < -0.39 is 13.3 Å². The number of likely N-dealkylation sites (tertiary alicyclic amines) is 1. The van der Waals surface area contributed by atoms with Gasteiger partial charge in [0.05, 0.1) is 0 Å². The maximum absolute atomic E-state index is 12.2. The highest BCUT2D eigenvalue weighted by atomic mass is 19.4. The number of hydrogen-bond donors (Lipinski definition) is 0. The van der Waals surface area contributed by atoms with Crippen molar-refractivity contribution in [2.75, 3.05) is 13.1 Å². The molecular formula is C9H18BF3N-. The molecule has 0 aliphatic carbocycles. The Bertz CT molecular complexity index is 181. The molecule has 1 aliphatic heterocycles. The van der Waals surface area contributed by atoms with Crippen molar-refractivity contribution in [2.45, 2.75) is 39.1 Å². The molecule has 1 atom stereocenters. The molecule has 5 heteroatoms. The van der Waals surface area contributed by atoms with Crippen LogP contribution in [0.25, 0.3) is 0 Å². The van der Waals surface area contributed by atoms with E-state index >= 15 is 0 Å². The molecule has 0 saturated carbocycles. The molecule has 0 aromatic rings. The summed E-state index contributed by atoms with van der Waals surface area (Å²) in [4.78, 5) is 2.15. The van der Waals surface area contributed by atoms with Crippen LogP contribution in [0.2, 0.25) is 6.32 Å². The van der Waals surface area contributed by atoms with E-state index in [9.17, 15) is 12.9 Å². The van der Waals surface area contributed by atoms with Crippen LogP contribution < -0.4 is 0 Å². The first kappa shape index (κ1) is 11.9. The predicted molar refractivity (Wildman–Crippen MR) is 53.3 cm³/mol. The molecular weight excluding hydrogens is 190 g/mol. The van der Waals surface area contributed by atoms with Crippen LogP contribution in [-0.4, -0.2) is 31.0 Å². The van der Waals surface area contributed by atoms with E-state index in [-0.39, 0.29) is 5.92 Å². The van der Waals surface area contributed by atoms with Gasteiger partial charge in [-0.2, -0.15) is 0 Å². The van der Waals surface area contributed by atoms with Crippen LogP contribution in [0.3, 0.4) is 0 Å². The van der Waals surface area contributed by atoms with E-state index in [4.69, 9.17) is 0 Å². The highest BCUT2D eigenvalue weighted by Crippen LogP contribution is 2.28. The van der Waals surface area contributed by atoms with Gasteiger partial charge in [0.2, 0.25) is 0 Å². The summed E-state index contributed by atoms with van der Waals surface area (Å²) in [5.41, 5.74) is 0. The molecule has 1 heterocycles. The summed E-state index contributed by atoms with van der Waals surface area (Å²) < 4.78 is 36.6. The maximum atomic E-state index is 12.2. The molecule has 1 fully saturated rings. The van der Waals surface area contributed by atoms with E-state index in [1.54, 1.807) is 0 Å². The summed E-state index contributed by atoms with van der Waals surface area (Å²) in [6.45, 7) is 1.07. The Hall–Kier alpha value is -0.185. The molecule has 0 radical (unpaired) electrons. The van der Waals surface area contributed by atoms with E-state index in [0.29, 0.717) is 12.6 Å². The number of nitrogens with zero attached hydrogens (tertiary/aromatic N) is 1. The van der Waals surface area contributed by atoms with Gasteiger partial charge in [0.15, 0.2) is 0 Å². The Morgan fingerprint density at radius 1 is 1.36 bits per heavy atom. The first-order valence-electron chi connectivity index (χ1n) is 5.33. The number of piperidine rings is 1. The van der Waals surface area contributed by atoms with Crippen molar-refractivity contribution in [3.63, 3.8) is 0 Å². The Morgan fingerprint density at radius 2 is 2.00 bits per heavy atom. The minimum atomic E-state index is -4.60. The first-order chi connectivity index (χ1) is 6.38. The Labute approximate surface area is 83.7 Å². The summed E-state index contributed by atoms with van der Waals surface area (Å²) >= 11 is 0. The Balaban J connectivity index is 2.40. The van der Waals surface area contributed by atoms with E-state index in [1.807, 2.05) is 13.8 Å². The molecule has 0 bridgehead atoms. The summed E-state index contributed by atoms with van der Waals surface area (Å²) in [7, 11) is 0. The molecule has 1 aliphatic rings. The fourth-order valence-corrected chi connectivity index (χ4v) is 2.14. The number of hydrogen-bond acceptors (Lipinski definition) is 1. The third kappa shape index (κ3) is 3.90. The topological polar surface area (TPSA) is 3.24 Å². The molecule has 0 spiro atoms. The van der Waals surface area contributed by atoms with Crippen LogP contribution >= 0.6 is 0 Å². The molecule has 1 rings (SSSR count). The van der Waals surface area contributed by atoms with Crippen LogP contribution in [0.15, 0.2) is 0 Å². The van der Waals surface area contributed by atoms with Gasteiger partial charge < -0.3 is 17.8 Å². The third-order valence-electron chi connectivity index (χ3n) is 2.88. The van der Waals surface area contributed by atoms with Crippen molar-refractivity contribution in [3.8, 4) is 0 Å². The zero-order valence-electron chi connectivity index (χ0n) is 8.85. The van der Waals surface area contributed by atoms with Gasteiger partial charge in [-0.25, -0.2) is 0 Å². The van der Waals surface area contributed by atoms with Crippen LogP contribution in [0.4, 0.5) is 12.9 Å². The number of halogens is 3. The molecule has 1 nitrogen and oxygen atoms in total. The second-order valence-corrected chi connectivity index (χ2v) is 4.54. The summed E-state index contributed by atoms with van der Waals surface area (Å²) in [6.07, 6.45) is 1.10. The van der Waals surface area contributed by atoms with Crippen molar-refractivity contribution in [2.24, 2.45) is 5.92 Å². The largest absolute Gasteiger partial charge is 0.478 e. The molecule has 14 heavy (non-hydrogen) atoms. The van der Waals surface area contributed by atoms with Crippen LogP contribution in [0, 0.1) is 5.92 Å². The van der Waals surface area contributed by atoms with Crippen LogP contribution in [0.1, 0.15) is 26.7 Å². The first-order valence-corrected chi connectivity index (χ1v) is 5.33. The SMILES string of the molecule is CC(C)N1CCCC(C[B-](F)(F)F)C1. The maximum Gasteiger partial charge on any atom is 0.478 e. The molecule has 0 amide bonds. The molecule has 1 unspecified atom stereocenters. The van der Waals surface area contributed by atoms with Crippen molar-refractivity contribution in [3.05, 3.63) is 0 Å². The van der Waals surface area contributed by atoms with Crippen molar-refractivity contribution in [1.82, 2.24) is 4.90 Å². The average molecular weight is 208 g/mol. The fourth-order valence-electron chi connectivity index (χ4n) is 2.14. The zero-order chi connectivity index (χ0) is 10.8. The van der Waals surface area contributed by atoms with Gasteiger partial charge in [-0.3, -0.25) is 0 Å². The van der Waals surface area contributed by atoms with E-state index in [1.165, 1.54) is 0 Å². The van der Waals surface area contributed by atoms with Crippen molar-refractivity contribution < 1.29 is 12.9 Å². The average Bonchev–Trinajstić information content (AvgIpc) is 2.01. The quantitative estimate of drug-likeness (QED) is 0.644. The second-order valence-electron chi connectivity index (χ2n) is 4.54. The molecule has 84 valence electrons. The normalized spacial score (nSPS) is 25.7. The van der Waals surface area contributed by atoms with E-state index in [2.05, 4.69) is 4.90 Å². The smallest absolute Gasteiger partial charge is 0.449 e. The van der Waals surface area contributed by atoms with Gasteiger partial charge in [-0.15, -0.1) is 0 Å². The second kappa shape index (κ2) is 4.56. The Morgan fingerprint density at radius 3 is 2.50 bits per heavy atom. The molecule has 0 aromatic heterocycles. The van der Waals surface area contributed by atoms with Crippen molar-refractivity contribution in [1.29, 1.82) is 0 Å². The van der Waals surface area contributed by atoms with E-state index in [0.717, 1.165) is 19.4 Å². The number of rotatable bonds is 3. The summed E-state index contributed by atoms with van der Waals surface area (Å²) in [5.74, 6) is -0.161.